The summed E-state index contributed by atoms with van der Waals surface area (Å²) in [4.78, 5) is 10.9. The van der Waals surface area contributed by atoms with E-state index in [1.165, 1.54) is 0 Å². The summed E-state index contributed by atoms with van der Waals surface area (Å²) >= 11 is 0. The molecular formula is C15H15O5P. The quantitative estimate of drug-likeness (QED) is 0.792. The molecule has 0 aromatic heterocycles. The molecule has 0 fully saturated rings. The lowest BCUT2D eigenvalue weighted by atomic mass is 10.2. The molecule has 0 saturated heterocycles. The van der Waals surface area contributed by atoms with E-state index in [4.69, 9.17) is 14.2 Å². The highest BCUT2D eigenvalue weighted by atomic mass is 31.2. The van der Waals surface area contributed by atoms with Crippen molar-refractivity contribution in [3.05, 3.63) is 66.2 Å². The SMILES string of the molecule is O=C(O)CP(=O)(OCc1ccccc1)Oc1ccccc1. The number of rotatable bonds is 7. The van der Waals surface area contributed by atoms with Crippen LogP contribution in [0.4, 0.5) is 0 Å². The molecule has 0 bridgehead atoms. The molecule has 0 aliphatic heterocycles. The second kappa shape index (κ2) is 7.07. The Morgan fingerprint density at radius 3 is 2.14 bits per heavy atom. The third-order valence-corrected chi connectivity index (χ3v) is 4.26. The van der Waals surface area contributed by atoms with Gasteiger partial charge < -0.3 is 9.63 Å². The fourth-order valence-electron chi connectivity index (χ4n) is 1.66. The fraction of sp³-hybridized carbons (Fsp3) is 0.133. The summed E-state index contributed by atoms with van der Waals surface area (Å²) in [5.74, 6) is -0.919. The molecule has 1 atom stereocenters. The molecule has 0 aliphatic carbocycles. The Labute approximate surface area is 122 Å². The number of carboxylic acid groups (broad SMARTS) is 1. The first-order valence-electron chi connectivity index (χ1n) is 6.31. The largest absolute Gasteiger partial charge is 0.481 e. The molecule has 2 aromatic rings. The first-order valence-corrected chi connectivity index (χ1v) is 8.04. The molecule has 1 N–H and O–H groups in total. The maximum Gasteiger partial charge on any atom is 0.390 e. The summed E-state index contributed by atoms with van der Waals surface area (Å²) < 4.78 is 23.1. The minimum absolute atomic E-state index is 0.0260. The van der Waals surface area contributed by atoms with Crippen molar-refractivity contribution in [2.45, 2.75) is 6.61 Å². The highest BCUT2D eigenvalue weighted by Crippen LogP contribution is 2.48. The summed E-state index contributed by atoms with van der Waals surface area (Å²) in [6.07, 6.45) is -0.686. The van der Waals surface area contributed by atoms with Gasteiger partial charge in [-0.2, -0.15) is 0 Å². The van der Waals surface area contributed by atoms with Gasteiger partial charge in [-0.15, -0.1) is 0 Å². The molecule has 5 nitrogen and oxygen atoms in total. The number of aliphatic carboxylic acids is 1. The Morgan fingerprint density at radius 2 is 1.57 bits per heavy atom. The van der Waals surface area contributed by atoms with E-state index in [1.54, 1.807) is 42.5 Å². The van der Waals surface area contributed by atoms with Crippen LogP contribution >= 0.6 is 7.60 Å². The third kappa shape index (κ3) is 5.06. The molecule has 0 radical (unpaired) electrons. The van der Waals surface area contributed by atoms with Gasteiger partial charge >= 0.3 is 13.6 Å². The number of carbonyl (C=O) groups is 1. The van der Waals surface area contributed by atoms with Gasteiger partial charge in [-0.1, -0.05) is 48.5 Å². The lowest BCUT2D eigenvalue weighted by Gasteiger charge is -2.17. The molecule has 0 amide bonds. The van der Waals surface area contributed by atoms with Crippen LogP contribution in [0.15, 0.2) is 60.7 Å². The number of hydrogen-bond donors (Lipinski definition) is 1. The minimum atomic E-state index is -3.76. The molecule has 1 unspecified atom stereocenters. The smallest absolute Gasteiger partial charge is 0.390 e. The Bertz CT molecular complexity index is 627. The molecule has 0 aliphatic rings. The van der Waals surface area contributed by atoms with Crippen LogP contribution in [-0.4, -0.2) is 17.2 Å². The van der Waals surface area contributed by atoms with Gasteiger partial charge in [-0.25, -0.2) is 4.57 Å². The Balaban J connectivity index is 2.09. The standard InChI is InChI=1S/C15H15O5P/c16-15(17)12-21(18,20-14-9-5-2-6-10-14)19-11-13-7-3-1-4-8-13/h1-10H,11-12H2,(H,16,17). The van der Waals surface area contributed by atoms with E-state index in [2.05, 4.69) is 0 Å². The number of benzene rings is 2. The zero-order chi connectivity index (χ0) is 15.1. The predicted molar refractivity (Wildman–Crippen MR) is 78.4 cm³/mol. The van der Waals surface area contributed by atoms with E-state index in [1.807, 2.05) is 18.2 Å². The first-order chi connectivity index (χ1) is 10.1. The lowest BCUT2D eigenvalue weighted by Crippen LogP contribution is -2.10. The van der Waals surface area contributed by atoms with Crippen molar-refractivity contribution in [1.82, 2.24) is 0 Å². The van der Waals surface area contributed by atoms with Crippen molar-refractivity contribution in [2.75, 3.05) is 6.16 Å². The molecule has 0 saturated carbocycles. The van der Waals surface area contributed by atoms with E-state index < -0.39 is 19.7 Å². The van der Waals surface area contributed by atoms with Gasteiger partial charge in [0.25, 0.3) is 0 Å². The van der Waals surface area contributed by atoms with Gasteiger partial charge in [0.2, 0.25) is 0 Å². The monoisotopic (exact) mass is 306 g/mol. The molecular weight excluding hydrogens is 291 g/mol. The molecule has 21 heavy (non-hydrogen) atoms. The van der Waals surface area contributed by atoms with Crippen LogP contribution in [0.25, 0.3) is 0 Å². The highest BCUT2D eigenvalue weighted by Gasteiger charge is 2.30. The summed E-state index contributed by atoms with van der Waals surface area (Å²) in [6, 6.07) is 17.5. The Hall–Kier alpha value is -2.10. The Morgan fingerprint density at radius 1 is 1.00 bits per heavy atom. The number of para-hydroxylation sites is 1. The lowest BCUT2D eigenvalue weighted by molar-refractivity contribution is -0.134. The normalized spacial score (nSPS) is 13.3. The summed E-state index contributed by atoms with van der Waals surface area (Å²) in [5, 5.41) is 8.89. The van der Waals surface area contributed by atoms with Gasteiger partial charge in [0, 0.05) is 0 Å². The third-order valence-electron chi connectivity index (χ3n) is 2.59. The second-order valence-electron chi connectivity index (χ2n) is 4.33. The van der Waals surface area contributed by atoms with E-state index in [-0.39, 0.29) is 6.61 Å². The summed E-state index contributed by atoms with van der Waals surface area (Å²) in [6.45, 7) is 0.0260. The average molecular weight is 306 g/mol. The van der Waals surface area contributed by atoms with Crippen LogP contribution < -0.4 is 4.52 Å². The predicted octanol–water partition coefficient (Wildman–Crippen LogP) is 3.56. The van der Waals surface area contributed by atoms with Crippen LogP contribution in [-0.2, 0) is 20.5 Å². The summed E-state index contributed by atoms with van der Waals surface area (Å²) in [7, 11) is -3.76. The number of carboxylic acids is 1. The molecule has 2 aromatic carbocycles. The van der Waals surface area contributed by atoms with Crippen molar-refractivity contribution in [3.8, 4) is 5.75 Å². The van der Waals surface area contributed by atoms with Crippen LogP contribution in [0.5, 0.6) is 5.75 Å². The topological polar surface area (TPSA) is 72.8 Å². The molecule has 6 heteroatoms. The van der Waals surface area contributed by atoms with E-state index >= 15 is 0 Å². The van der Waals surface area contributed by atoms with Gasteiger partial charge in [-0.3, -0.25) is 9.32 Å². The zero-order valence-electron chi connectivity index (χ0n) is 11.2. The zero-order valence-corrected chi connectivity index (χ0v) is 12.1. The van der Waals surface area contributed by atoms with Gasteiger partial charge in [0.15, 0.2) is 6.16 Å². The van der Waals surface area contributed by atoms with Crippen molar-refractivity contribution >= 4 is 13.6 Å². The average Bonchev–Trinajstić information content (AvgIpc) is 2.46. The summed E-state index contributed by atoms with van der Waals surface area (Å²) in [5.41, 5.74) is 0.791. The molecule has 0 heterocycles. The molecule has 110 valence electrons. The van der Waals surface area contributed by atoms with Crippen LogP contribution in [0, 0.1) is 0 Å². The van der Waals surface area contributed by atoms with Crippen LogP contribution in [0.1, 0.15) is 5.56 Å². The maximum absolute atomic E-state index is 12.5. The van der Waals surface area contributed by atoms with Crippen molar-refractivity contribution < 1.29 is 23.5 Å². The van der Waals surface area contributed by atoms with Crippen molar-refractivity contribution in [3.63, 3.8) is 0 Å². The first kappa shape index (κ1) is 15.3. The Kier molecular flexibility index (Phi) is 5.14. The van der Waals surface area contributed by atoms with Crippen molar-refractivity contribution in [1.29, 1.82) is 0 Å². The number of hydrogen-bond acceptors (Lipinski definition) is 4. The maximum atomic E-state index is 12.5. The fourth-order valence-corrected chi connectivity index (χ4v) is 2.99. The van der Waals surface area contributed by atoms with Gasteiger partial charge in [-0.05, 0) is 17.7 Å². The minimum Gasteiger partial charge on any atom is -0.481 e. The van der Waals surface area contributed by atoms with Crippen LogP contribution in [0.2, 0.25) is 0 Å². The molecule has 2 rings (SSSR count). The van der Waals surface area contributed by atoms with E-state index in [9.17, 15) is 9.36 Å². The molecule has 0 spiro atoms. The second-order valence-corrected chi connectivity index (χ2v) is 6.30. The van der Waals surface area contributed by atoms with Crippen LogP contribution in [0.3, 0.4) is 0 Å². The van der Waals surface area contributed by atoms with Gasteiger partial charge in [0.1, 0.15) is 5.75 Å². The van der Waals surface area contributed by atoms with Gasteiger partial charge in [0.05, 0.1) is 6.61 Å². The van der Waals surface area contributed by atoms with E-state index in [0.29, 0.717) is 5.75 Å². The highest BCUT2D eigenvalue weighted by molar-refractivity contribution is 7.55. The van der Waals surface area contributed by atoms with Crippen molar-refractivity contribution in [2.24, 2.45) is 0 Å². The van der Waals surface area contributed by atoms with E-state index in [0.717, 1.165) is 5.56 Å².